The van der Waals surface area contributed by atoms with Crippen LogP contribution in [0.4, 0.5) is 0 Å². The van der Waals surface area contributed by atoms with E-state index in [0.717, 1.165) is 135 Å². The van der Waals surface area contributed by atoms with E-state index in [0.29, 0.717) is 19.3 Å². The highest BCUT2D eigenvalue weighted by Crippen LogP contribution is 2.15. The fourth-order valence-corrected chi connectivity index (χ4v) is 7.73. The second-order valence-corrected chi connectivity index (χ2v) is 18.8. The molecule has 0 fully saturated rings. The number of unbranched alkanes of at least 4 members (excludes halogenated alkanes) is 22. The standard InChI is InChI=1S/C64H106O6/c1-4-7-10-13-16-19-21-22-23-24-25-26-27-28-29-30-31-32-33-34-35-36-37-38-39-40-41-42-44-45-48-51-54-57-63(66)69-60-61(59-68-62(65)56-53-50-47-18-15-12-9-6-3)70-64(67)58-55-52-49-46-43-20-17-14-11-8-5-2/h7,10,16,19,22-23,25-26,28-29,31-32,34-35,37-38,40-41,61H,4-6,8-9,11-15,17-18,20-21,24,27,30,33,36,39,42-60H2,1-3H3/b10-7-,19-16-,23-22-,26-25-,29-28-,32-31-,35-34-,38-37-,41-40-. The first kappa shape index (κ1) is 66.1. The zero-order valence-corrected chi connectivity index (χ0v) is 45.5. The van der Waals surface area contributed by atoms with Crippen molar-refractivity contribution in [2.24, 2.45) is 0 Å². The summed E-state index contributed by atoms with van der Waals surface area (Å²) in [5.41, 5.74) is 0. The minimum Gasteiger partial charge on any atom is -0.462 e. The van der Waals surface area contributed by atoms with Crippen LogP contribution >= 0.6 is 0 Å². The molecule has 0 aliphatic rings. The number of carbonyl (C=O) groups is 3. The van der Waals surface area contributed by atoms with E-state index in [9.17, 15) is 14.4 Å². The van der Waals surface area contributed by atoms with Gasteiger partial charge in [0, 0.05) is 19.3 Å². The first-order chi connectivity index (χ1) is 34.5. The van der Waals surface area contributed by atoms with E-state index in [1.165, 1.54) is 83.5 Å². The van der Waals surface area contributed by atoms with E-state index in [4.69, 9.17) is 14.2 Å². The number of hydrogen-bond acceptors (Lipinski definition) is 6. The van der Waals surface area contributed by atoms with Crippen molar-refractivity contribution in [3.8, 4) is 0 Å². The second kappa shape index (κ2) is 57.6. The predicted molar refractivity (Wildman–Crippen MR) is 302 cm³/mol. The van der Waals surface area contributed by atoms with Gasteiger partial charge in [-0.25, -0.2) is 0 Å². The van der Waals surface area contributed by atoms with Gasteiger partial charge in [-0.15, -0.1) is 0 Å². The molecule has 0 N–H and O–H groups in total. The van der Waals surface area contributed by atoms with Crippen LogP contribution in [0.2, 0.25) is 0 Å². The third-order valence-corrected chi connectivity index (χ3v) is 12.0. The average molecular weight is 972 g/mol. The highest BCUT2D eigenvalue weighted by Gasteiger charge is 2.19. The topological polar surface area (TPSA) is 78.9 Å². The third kappa shape index (κ3) is 55.0. The SMILES string of the molecule is CC/C=C\C/C=C\C/C=C\C/C=C\C/C=C\C/C=C\C/C=C\C/C=C\C/C=C\CCCCCCCC(=O)OCC(COC(=O)CCCCCCCCCC)OC(=O)CCCCCCCCCCCCC. The van der Waals surface area contributed by atoms with Gasteiger partial charge in [-0.1, -0.05) is 259 Å². The van der Waals surface area contributed by atoms with Crippen molar-refractivity contribution in [3.63, 3.8) is 0 Å². The Morgan fingerprint density at radius 2 is 0.557 bits per heavy atom. The van der Waals surface area contributed by atoms with Gasteiger partial charge >= 0.3 is 17.9 Å². The van der Waals surface area contributed by atoms with Crippen LogP contribution in [-0.4, -0.2) is 37.2 Å². The normalized spacial score (nSPS) is 12.9. The van der Waals surface area contributed by atoms with Gasteiger partial charge in [0.1, 0.15) is 13.2 Å². The monoisotopic (exact) mass is 971 g/mol. The zero-order valence-electron chi connectivity index (χ0n) is 45.5. The molecule has 1 unspecified atom stereocenters. The van der Waals surface area contributed by atoms with E-state index in [2.05, 4.69) is 130 Å². The van der Waals surface area contributed by atoms with Crippen molar-refractivity contribution < 1.29 is 28.6 Å². The van der Waals surface area contributed by atoms with Crippen molar-refractivity contribution in [3.05, 3.63) is 109 Å². The molecule has 1 atom stereocenters. The number of carbonyl (C=O) groups excluding carboxylic acids is 3. The maximum atomic E-state index is 12.7. The first-order valence-corrected chi connectivity index (χ1v) is 28.9. The summed E-state index contributed by atoms with van der Waals surface area (Å²) < 4.78 is 16.7. The summed E-state index contributed by atoms with van der Waals surface area (Å²) in [6.07, 6.45) is 78.2. The maximum absolute atomic E-state index is 12.7. The molecule has 0 aliphatic heterocycles. The molecule has 0 aromatic carbocycles. The number of rotatable bonds is 51. The summed E-state index contributed by atoms with van der Waals surface area (Å²) in [5.74, 6) is -0.907. The van der Waals surface area contributed by atoms with Gasteiger partial charge in [0.15, 0.2) is 6.10 Å². The van der Waals surface area contributed by atoms with Crippen LogP contribution in [0, 0.1) is 0 Å². The van der Waals surface area contributed by atoms with Gasteiger partial charge in [0.25, 0.3) is 0 Å². The van der Waals surface area contributed by atoms with E-state index >= 15 is 0 Å². The van der Waals surface area contributed by atoms with Gasteiger partial charge in [-0.3, -0.25) is 14.4 Å². The lowest BCUT2D eigenvalue weighted by atomic mass is 10.1. The molecule has 0 amide bonds. The van der Waals surface area contributed by atoms with Crippen LogP contribution in [0.5, 0.6) is 0 Å². The van der Waals surface area contributed by atoms with Crippen molar-refractivity contribution in [1.29, 1.82) is 0 Å². The number of hydrogen-bond donors (Lipinski definition) is 0. The van der Waals surface area contributed by atoms with Gasteiger partial charge in [0.05, 0.1) is 0 Å². The van der Waals surface area contributed by atoms with Crippen LogP contribution in [0.25, 0.3) is 0 Å². The summed E-state index contributed by atoms with van der Waals surface area (Å²) in [7, 11) is 0. The molecule has 398 valence electrons. The molecule has 0 bridgehead atoms. The largest absolute Gasteiger partial charge is 0.462 e. The molecule has 6 heteroatoms. The molecule has 0 rings (SSSR count). The van der Waals surface area contributed by atoms with Gasteiger partial charge in [-0.05, 0) is 89.9 Å². The zero-order chi connectivity index (χ0) is 50.7. The lowest BCUT2D eigenvalue weighted by molar-refractivity contribution is -0.167. The van der Waals surface area contributed by atoms with Crippen LogP contribution in [0.15, 0.2) is 109 Å². The van der Waals surface area contributed by atoms with Crippen molar-refractivity contribution >= 4 is 17.9 Å². The maximum Gasteiger partial charge on any atom is 0.306 e. The molecule has 0 aromatic rings. The molecule has 6 nitrogen and oxygen atoms in total. The van der Waals surface area contributed by atoms with Gasteiger partial charge in [-0.2, -0.15) is 0 Å². The quantitative estimate of drug-likeness (QED) is 0.0262. The first-order valence-electron chi connectivity index (χ1n) is 28.9. The Labute approximate surface area is 431 Å². The lowest BCUT2D eigenvalue weighted by Gasteiger charge is -2.18. The Balaban J connectivity index is 4.17. The molecule has 0 spiro atoms. The molecule has 0 aliphatic carbocycles. The number of esters is 3. The highest BCUT2D eigenvalue weighted by molar-refractivity contribution is 5.71. The Hall–Kier alpha value is -3.93. The Morgan fingerprint density at radius 1 is 0.300 bits per heavy atom. The van der Waals surface area contributed by atoms with Crippen molar-refractivity contribution in [2.75, 3.05) is 13.2 Å². The molecule has 0 saturated heterocycles. The summed E-state index contributed by atoms with van der Waals surface area (Å²) in [4.78, 5) is 37.9. The van der Waals surface area contributed by atoms with E-state index < -0.39 is 6.10 Å². The summed E-state index contributed by atoms with van der Waals surface area (Å²) >= 11 is 0. The lowest BCUT2D eigenvalue weighted by Crippen LogP contribution is -2.30. The molecule has 0 saturated carbocycles. The van der Waals surface area contributed by atoms with Crippen molar-refractivity contribution in [1.82, 2.24) is 0 Å². The molecular formula is C64H106O6. The minimum absolute atomic E-state index is 0.0818. The van der Waals surface area contributed by atoms with E-state index in [1.54, 1.807) is 0 Å². The number of ether oxygens (including phenoxy) is 3. The smallest absolute Gasteiger partial charge is 0.306 e. The highest BCUT2D eigenvalue weighted by atomic mass is 16.6. The molecule has 70 heavy (non-hydrogen) atoms. The van der Waals surface area contributed by atoms with Crippen LogP contribution < -0.4 is 0 Å². The third-order valence-electron chi connectivity index (χ3n) is 12.0. The fourth-order valence-electron chi connectivity index (χ4n) is 7.73. The Kier molecular flexibility index (Phi) is 54.4. The summed E-state index contributed by atoms with van der Waals surface area (Å²) in [6.45, 7) is 6.47. The van der Waals surface area contributed by atoms with E-state index in [-0.39, 0.29) is 31.1 Å². The van der Waals surface area contributed by atoms with Crippen LogP contribution in [-0.2, 0) is 28.6 Å². The summed E-state index contributed by atoms with van der Waals surface area (Å²) in [5, 5.41) is 0. The average Bonchev–Trinajstić information content (AvgIpc) is 3.36. The molecular weight excluding hydrogens is 865 g/mol. The molecule has 0 aromatic heterocycles. The molecule has 0 radical (unpaired) electrons. The Morgan fingerprint density at radius 3 is 0.871 bits per heavy atom. The minimum atomic E-state index is -0.781. The van der Waals surface area contributed by atoms with Gasteiger partial charge < -0.3 is 14.2 Å². The van der Waals surface area contributed by atoms with Crippen LogP contribution in [0.1, 0.15) is 258 Å². The Bertz CT molecular complexity index is 1440. The summed E-state index contributed by atoms with van der Waals surface area (Å²) in [6, 6.07) is 0. The van der Waals surface area contributed by atoms with Gasteiger partial charge in [0.2, 0.25) is 0 Å². The predicted octanol–water partition coefficient (Wildman–Crippen LogP) is 19.5. The van der Waals surface area contributed by atoms with E-state index in [1.807, 2.05) is 0 Å². The van der Waals surface area contributed by atoms with Crippen molar-refractivity contribution in [2.45, 2.75) is 264 Å². The number of allylic oxidation sites excluding steroid dienone is 18. The van der Waals surface area contributed by atoms with Crippen LogP contribution in [0.3, 0.4) is 0 Å². The molecule has 0 heterocycles. The second-order valence-electron chi connectivity index (χ2n) is 18.8. The fraction of sp³-hybridized carbons (Fsp3) is 0.672.